The molecule has 0 spiro atoms. The third-order valence-corrected chi connectivity index (χ3v) is 4.17. The first-order valence-electron chi connectivity index (χ1n) is 6.93. The highest BCUT2D eigenvalue weighted by Crippen LogP contribution is 2.48. The zero-order valence-corrected chi connectivity index (χ0v) is 12.7. The van der Waals surface area contributed by atoms with Gasteiger partial charge in [0.15, 0.2) is 6.23 Å². The molecule has 0 radical (unpaired) electrons. The van der Waals surface area contributed by atoms with E-state index in [1.54, 1.807) is 4.98 Å². The van der Waals surface area contributed by atoms with Crippen molar-refractivity contribution in [2.75, 3.05) is 0 Å². The molecule has 1 aliphatic heterocycles. The van der Waals surface area contributed by atoms with Crippen molar-refractivity contribution in [1.29, 1.82) is 0 Å². The molecule has 4 atom stereocenters. The molecule has 0 aliphatic carbocycles. The topological polar surface area (TPSA) is 185 Å². The molecule has 11 nitrogen and oxygen atoms in total. The molecule has 2 unspecified atom stereocenters. The summed E-state index contributed by atoms with van der Waals surface area (Å²) in [6.45, 7) is 1.11. The van der Waals surface area contributed by atoms with E-state index in [4.69, 9.17) is 4.74 Å². The summed E-state index contributed by atoms with van der Waals surface area (Å²) in [6, 6.07) is 0. The Balaban J connectivity index is 2.67. The number of H-pyrrole nitrogens is 1. The molecule has 0 aromatic carbocycles. The van der Waals surface area contributed by atoms with Crippen molar-refractivity contribution in [2.24, 2.45) is 0 Å². The SMILES string of the molecule is CC1OC(n2cc(F)c(=O)[nH]c2=O)[C@@](O)(CC(=O)[O-])[C@@]1(O)CC(=O)[O-]. The molecule has 1 saturated heterocycles. The van der Waals surface area contributed by atoms with Crippen molar-refractivity contribution >= 4 is 11.9 Å². The maximum absolute atomic E-state index is 13.5. The zero-order chi connectivity index (χ0) is 19.2. The fraction of sp³-hybridized carbons (Fsp3) is 0.538. The summed E-state index contributed by atoms with van der Waals surface area (Å²) >= 11 is 0. The molecule has 1 aliphatic rings. The molecule has 2 heterocycles. The van der Waals surface area contributed by atoms with Crippen molar-refractivity contribution in [1.82, 2.24) is 9.55 Å². The number of rotatable bonds is 5. The molecule has 2 rings (SSSR count). The molecular formula is C13H13FN2O9-2. The second kappa shape index (κ2) is 6.06. The van der Waals surface area contributed by atoms with Crippen molar-refractivity contribution in [3.05, 3.63) is 32.9 Å². The Morgan fingerprint density at radius 2 is 1.80 bits per heavy atom. The number of carbonyl (C=O) groups excluding carboxylic acids is 2. The molecule has 0 amide bonds. The fourth-order valence-corrected chi connectivity index (χ4v) is 2.89. The van der Waals surface area contributed by atoms with Crippen molar-refractivity contribution < 1.29 is 39.1 Å². The smallest absolute Gasteiger partial charge is 0.330 e. The van der Waals surface area contributed by atoms with Gasteiger partial charge in [-0.3, -0.25) is 14.3 Å². The van der Waals surface area contributed by atoms with Crippen LogP contribution in [0.25, 0.3) is 0 Å². The van der Waals surface area contributed by atoms with E-state index in [1.165, 1.54) is 0 Å². The standard InChI is InChI=1S/C13H15FN2O9/c1-5-12(23,2-7(17)18)13(24,3-8(19)20)10(25-5)16-4-6(14)9(21)15-11(16)22/h4-5,10,23-24H,2-3H2,1H3,(H,17,18)(H,19,20)(H,15,21,22)/p-2/t5?,10?,12-,13+/m1/s1. The van der Waals surface area contributed by atoms with Gasteiger partial charge in [0.05, 0.1) is 12.3 Å². The molecule has 1 aromatic rings. The highest BCUT2D eigenvalue weighted by molar-refractivity contribution is 5.69. The van der Waals surface area contributed by atoms with Gasteiger partial charge in [0.25, 0.3) is 5.56 Å². The van der Waals surface area contributed by atoms with E-state index in [9.17, 15) is 44.0 Å². The van der Waals surface area contributed by atoms with Gasteiger partial charge in [-0.15, -0.1) is 0 Å². The first-order chi connectivity index (χ1) is 11.4. The number of nitrogens with one attached hydrogen (secondary N) is 1. The minimum atomic E-state index is -2.90. The Labute approximate surface area is 137 Å². The van der Waals surface area contributed by atoms with E-state index < -0.39 is 65.4 Å². The van der Waals surface area contributed by atoms with E-state index in [0.717, 1.165) is 6.92 Å². The van der Waals surface area contributed by atoms with Crippen molar-refractivity contribution in [3.63, 3.8) is 0 Å². The van der Waals surface area contributed by atoms with Gasteiger partial charge >= 0.3 is 5.69 Å². The van der Waals surface area contributed by atoms with Gasteiger partial charge in [0.2, 0.25) is 5.82 Å². The van der Waals surface area contributed by atoms with Gasteiger partial charge in [0.1, 0.15) is 11.2 Å². The Kier molecular flexibility index (Phi) is 4.55. The van der Waals surface area contributed by atoms with E-state index in [0.29, 0.717) is 10.8 Å². The maximum Gasteiger partial charge on any atom is 0.330 e. The first-order valence-corrected chi connectivity index (χ1v) is 6.93. The third-order valence-electron chi connectivity index (χ3n) is 4.17. The maximum atomic E-state index is 13.5. The minimum absolute atomic E-state index is 0.309. The zero-order valence-electron chi connectivity index (χ0n) is 12.7. The van der Waals surface area contributed by atoms with Crippen LogP contribution in [0.1, 0.15) is 26.0 Å². The first kappa shape index (κ1) is 18.8. The number of carbonyl (C=O) groups is 2. The predicted molar refractivity (Wildman–Crippen MR) is 70.0 cm³/mol. The molecule has 0 bridgehead atoms. The molecular weight excluding hydrogens is 347 g/mol. The molecule has 1 fully saturated rings. The quantitative estimate of drug-likeness (QED) is 0.464. The van der Waals surface area contributed by atoms with E-state index in [-0.39, 0.29) is 0 Å². The van der Waals surface area contributed by atoms with E-state index in [1.807, 2.05) is 0 Å². The van der Waals surface area contributed by atoms with Crippen LogP contribution in [0, 0.1) is 5.82 Å². The average molecular weight is 360 g/mol. The molecule has 12 heteroatoms. The number of ether oxygens (including phenoxy) is 1. The summed E-state index contributed by atoms with van der Waals surface area (Å²) in [5.41, 5.74) is -8.26. The number of aliphatic carboxylic acids is 2. The van der Waals surface area contributed by atoms with Crippen LogP contribution in [0.2, 0.25) is 0 Å². The van der Waals surface area contributed by atoms with Crippen molar-refractivity contribution in [2.45, 2.75) is 43.3 Å². The number of aliphatic hydroxyl groups is 2. The van der Waals surface area contributed by atoms with Crippen LogP contribution in [0.15, 0.2) is 15.8 Å². The summed E-state index contributed by atoms with van der Waals surface area (Å²) in [5, 5.41) is 43.2. The largest absolute Gasteiger partial charge is 0.550 e. The Morgan fingerprint density at radius 1 is 1.28 bits per heavy atom. The lowest BCUT2D eigenvalue weighted by Crippen LogP contribution is -2.62. The van der Waals surface area contributed by atoms with Gasteiger partial charge in [-0.1, -0.05) is 0 Å². The Morgan fingerprint density at radius 3 is 2.32 bits per heavy atom. The minimum Gasteiger partial charge on any atom is -0.550 e. The van der Waals surface area contributed by atoms with Gasteiger partial charge < -0.3 is 34.8 Å². The number of halogens is 1. The molecule has 3 N–H and O–H groups in total. The van der Waals surface area contributed by atoms with Crippen LogP contribution >= 0.6 is 0 Å². The van der Waals surface area contributed by atoms with Gasteiger partial charge in [-0.2, -0.15) is 4.39 Å². The lowest BCUT2D eigenvalue weighted by atomic mass is 9.76. The summed E-state index contributed by atoms with van der Waals surface area (Å²) < 4.78 is 18.9. The van der Waals surface area contributed by atoms with Gasteiger partial charge in [-0.25, -0.2) is 4.79 Å². The molecule has 25 heavy (non-hydrogen) atoms. The van der Waals surface area contributed by atoms with Crippen LogP contribution in [-0.2, 0) is 14.3 Å². The Hall–Kier alpha value is -2.57. The lowest BCUT2D eigenvalue weighted by Gasteiger charge is -2.41. The average Bonchev–Trinajstić information content (AvgIpc) is 2.63. The number of carboxylic acid groups (broad SMARTS) is 2. The van der Waals surface area contributed by atoms with Crippen LogP contribution in [0.3, 0.4) is 0 Å². The number of aromatic nitrogens is 2. The molecule has 138 valence electrons. The number of hydrogen-bond acceptors (Lipinski definition) is 9. The highest BCUT2D eigenvalue weighted by Gasteiger charge is 2.65. The second-order valence-electron chi connectivity index (χ2n) is 5.72. The number of carboxylic acids is 2. The molecule has 1 aromatic heterocycles. The summed E-state index contributed by atoms with van der Waals surface area (Å²) in [7, 11) is 0. The normalized spacial score (nSPS) is 31.8. The highest BCUT2D eigenvalue weighted by atomic mass is 19.1. The number of nitrogens with zero attached hydrogens (tertiary/aromatic N) is 1. The Bertz CT molecular complexity index is 834. The van der Waals surface area contributed by atoms with Gasteiger partial charge in [-0.05, 0) is 6.92 Å². The van der Waals surface area contributed by atoms with Crippen LogP contribution in [0.4, 0.5) is 4.39 Å². The summed E-state index contributed by atoms with van der Waals surface area (Å²) in [5.74, 6) is -5.20. The predicted octanol–water partition coefficient (Wildman–Crippen LogP) is -4.66. The van der Waals surface area contributed by atoms with Gasteiger partial charge in [0, 0.05) is 24.8 Å². The third kappa shape index (κ3) is 2.94. The summed E-state index contributed by atoms with van der Waals surface area (Å²) in [4.78, 5) is 46.5. The number of hydrogen-bond donors (Lipinski definition) is 3. The van der Waals surface area contributed by atoms with Crippen LogP contribution < -0.4 is 21.5 Å². The number of aromatic amines is 1. The summed E-state index contributed by atoms with van der Waals surface area (Å²) in [6.07, 6.45) is -5.78. The van der Waals surface area contributed by atoms with Crippen molar-refractivity contribution in [3.8, 4) is 0 Å². The molecule has 0 saturated carbocycles. The monoisotopic (exact) mass is 360 g/mol. The van der Waals surface area contributed by atoms with E-state index in [2.05, 4.69) is 0 Å². The van der Waals surface area contributed by atoms with Crippen LogP contribution in [-0.4, -0.2) is 49.0 Å². The second-order valence-corrected chi connectivity index (χ2v) is 5.72. The fourth-order valence-electron chi connectivity index (χ4n) is 2.89. The van der Waals surface area contributed by atoms with E-state index >= 15 is 0 Å². The lowest BCUT2D eigenvalue weighted by molar-refractivity contribution is -0.321. The van der Waals surface area contributed by atoms with Crippen LogP contribution in [0.5, 0.6) is 0 Å².